The third kappa shape index (κ3) is 3.16. The van der Waals surface area contributed by atoms with Crippen LogP contribution in [-0.4, -0.2) is 35.6 Å². The summed E-state index contributed by atoms with van der Waals surface area (Å²) in [4.78, 5) is 25.5. The smallest absolute Gasteiger partial charge is 0.335 e. The van der Waals surface area contributed by atoms with Crippen LogP contribution in [-0.2, 0) is 22.5 Å². The quantitative estimate of drug-likeness (QED) is 0.876. The van der Waals surface area contributed by atoms with Gasteiger partial charge in [-0.05, 0) is 35.2 Å². The molecule has 0 radical (unpaired) electrons. The van der Waals surface area contributed by atoms with Crippen molar-refractivity contribution in [1.82, 2.24) is 4.90 Å². The second kappa shape index (κ2) is 6.84. The summed E-state index contributed by atoms with van der Waals surface area (Å²) in [6, 6.07) is 14.2. The van der Waals surface area contributed by atoms with Crippen molar-refractivity contribution in [3.8, 4) is 0 Å². The van der Waals surface area contributed by atoms with Crippen LogP contribution in [0.3, 0.4) is 0 Å². The molecule has 24 heavy (non-hydrogen) atoms. The maximum Gasteiger partial charge on any atom is 0.335 e. The predicted molar refractivity (Wildman–Crippen MR) is 88.7 cm³/mol. The van der Waals surface area contributed by atoms with E-state index >= 15 is 0 Å². The van der Waals surface area contributed by atoms with Crippen LogP contribution in [0.4, 0.5) is 0 Å². The first-order chi connectivity index (χ1) is 11.6. The summed E-state index contributed by atoms with van der Waals surface area (Å²) in [5.41, 5.74) is 3.23. The Hall–Kier alpha value is -2.66. The fourth-order valence-electron chi connectivity index (χ4n) is 3.21. The Bertz CT molecular complexity index is 771. The minimum atomic E-state index is -0.953. The molecule has 5 heteroatoms. The van der Waals surface area contributed by atoms with E-state index in [4.69, 9.17) is 9.84 Å². The molecule has 1 N–H and O–H groups in total. The summed E-state index contributed by atoms with van der Waals surface area (Å²) in [5, 5.41) is 9.14. The van der Waals surface area contributed by atoms with E-state index in [1.165, 1.54) is 7.11 Å². The zero-order valence-electron chi connectivity index (χ0n) is 13.4. The van der Waals surface area contributed by atoms with Crippen molar-refractivity contribution in [1.29, 1.82) is 0 Å². The average Bonchev–Trinajstić information content (AvgIpc) is 2.61. The molecular formula is C19H19NO4. The van der Waals surface area contributed by atoms with Crippen molar-refractivity contribution in [2.24, 2.45) is 0 Å². The summed E-state index contributed by atoms with van der Waals surface area (Å²) in [6.45, 7) is 1.21. The number of benzene rings is 2. The summed E-state index contributed by atoms with van der Waals surface area (Å²) >= 11 is 0. The Morgan fingerprint density at radius 2 is 2.00 bits per heavy atom. The van der Waals surface area contributed by atoms with Crippen LogP contribution in [0.5, 0.6) is 0 Å². The number of ether oxygens (including phenoxy) is 1. The maximum absolute atomic E-state index is 12.3. The zero-order valence-corrected chi connectivity index (χ0v) is 13.4. The van der Waals surface area contributed by atoms with Crippen molar-refractivity contribution in [2.45, 2.75) is 19.0 Å². The molecule has 1 aliphatic heterocycles. The lowest BCUT2D eigenvalue weighted by molar-refractivity contribution is -0.148. The molecule has 1 aliphatic rings. The highest BCUT2D eigenvalue weighted by Crippen LogP contribution is 2.31. The summed E-state index contributed by atoms with van der Waals surface area (Å²) in [6.07, 6.45) is 0.849. The number of fused-ring (bicyclic) bond motifs is 1. The fraction of sp³-hybridized carbons (Fsp3) is 0.263. The molecule has 1 atom stereocenters. The molecule has 1 unspecified atom stereocenters. The van der Waals surface area contributed by atoms with Gasteiger partial charge < -0.3 is 9.84 Å². The summed E-state index contributed by atoms with van der Waals surface area (Å²) in [5.74, 6) is -1.25. The Morgan fingerprint density at radius 3 is 2.75 bits per heavy atom. The van der Waals surface area contributed by atoms with Gasteiger partial charge in [-0.2, -0.15) is 0 Å². The number of carbonyl (C=O) groups excluding carboxylic acids is 1. The van der Waals surface area contributed by atoms with E-state index < -0.39 is 12.0 Å². The zero-order chi connectivity index (χ0) is 17.1. The molecule has 2 aromatic carbocycles. The molecule has 2 aromatic rings. The van der Waals surface area contributed by atoms with E-state index in [9.17, 15) is 9.59 Å². The average molecular weight is 325 g/mol. The standard InChI is InChI=1S/C19H19NO4/c1-24-19(23)17-16-8-3-2-6-14(16)9-10-20(17)12-13-5-4-7-15(11-13)18(21)22/h2-8,11,17H,9-10,12H2,1H3,(H,21,22). The Balaban J connectivity index is 1.91. The number of carboxylic acids is 1. The van der Waals surface area contributed by atoms with Gasteiger partial charge in [-0.3, -0.25) is 4.90 Å². The highest BCUT2D eigenvalue weighted by Gasteiger charge is 2.33. The molecule has 5 nitrogen and oxygen atoms in total. The maximum atomic E-state index is 12.3. The highest BCUT2D eigenvalue weighted by atomic mass is 16.5. The van der Waals surface area contributed by atoms with Gasteiger partial charge in [0.1, 0.15) is 6.04 Å². The van der Waals surface area contributed by atoms with Gasteiger partial charge in [-0.1, -0.05) is 36.4 Å². The molecule has 0 saturated carbocycles. The van der Waals surface area contributed by atoms with Gasteiger partial charge in [0.15, 0.2) is 0 Å². The van der Waals surface area contributed by atoms with Crippen molar-refractivity contribution in [3.05, 3.63) is 70.8 Å². The van der Waals surface area contributed by atoms with E-state index in [-0.39, 0.29) is 11.5 Å². The first-order valence-electron chi connectivity index (χ1n) is 7.82. The van der Waals surface area contributed by atoms with Crippen LogP contribution >= 0.6 is 0 Å². The number of nitrogens with zero attached hydrogens (tertiary/aromatic N) is 1. The van der Waals surface area contributed by atoms with Crippen molar-refractivity contribution in [3.63, 3.8) is 0 Å². The number of esters is 1. The lowest BCUT2D eigenvalue weighted by Crippen LogP contribution is -2.39. The second-order valence-corrected chi connectivity index (χ2v) is 5.85. The van der Waals surface area contributed by atoms with E-state index in [1.807, 2.05) is 35.2 Å². The van der Waals surface area contributed by atoms with Gasteiger partial charge in [-0.15, -0.1) is 0 Å². The number of carboxylic acid groups (broad SMARTS) is 1. The van der Waals surface area contributed by atoms with Gasteiger partial charge in [0.25, 0.3) is 0 Å². The molecule has 0 spiro atoms. The number of carbonyl (C=O) groups is 2. The minimum Gasteiger partial charge on any atom is -0.478 e. The predicted octanol–water partition coefficient (Wildman–Crippen LogP) is 2.66. The number of aromatic carboxylic acids is 1. The Morgan fingerprint density at radius 1 is 1.21 bits per heavy atom. The summed E-state index contributed by atoms with van der Waals surface area (Å²) in [7, 11) is 1.39. The SMILES string of the molecule is COC(=O)C1c2ccccc2CCN1Cc1cccc(C(=O)O)c1. The molecular weight excluding hydrogens is 306 g/mol. The largest absolute Gasteiger partial charge is 0.478 e. The van der Waals surface area contributed by atoms with E-state index in [2.05, 4.69) is 0 Å². The molecule has 0 saturated heterocycles. The molecule has 3 rings (SSSR count). The summed E-state index contributed by atoms with van der Waals surface area (Å²) < 4.78 is 5.00. The van der Waals surface area contributed by atoms with Crippen molar-refractivity contribution < 1.29 is 19.4 Å². The van der Waals surface area contributed by atoms with Crippen molar-refractivity contribution >= 4 is 11.9 Å². The van der Waals surface area contributed by atoms with Crippen molar-refractivity contribution in [2.75, 3.05) is 13.7 Å². The minimum absolute atomic E-state index is 0.250. The van der Waals surface area contributed by atoms with E-state index in [1.54, 1.807) is 18.2 Å². The normalized spacial score (nSPS) is 17.1. The number of hydrogen-bond acceptors (Lipinski definition) is 4. The van der Waals surface area contributed by atoms with Gasteiger partial charge in [0.05, 0.1) is 12.7 Å². The lowest BCUT2D eigenvalue weighted by Gasteiger charge is -2.35. The molecule has 0 bridgehead atoms. The molecule has 0 amide bonds. The molecule has 1 heterocycles. The third-order valence-corrected chi connectivity index (χ3v) is 4.37. The van der Waals surface area contributed by atoms with Gasteiger partial charge in [-0.25, -0.2) is 9.59 Å². The van der Waals surface area contributed by atoms with Crippen LogP contribution in [0.15, 0.2) is 48.5 Å². The highest BCUT2D eigenvalue weighted by molar-refractivity contribution is 5.87. The van der Waals surface area contributed by atoms with Crippen LogP contribution in [0.2, 0.25) is 0 Å². The molecule has 0 aromatic heterocycles. The van der Waals surface area contributed by atoms with Crippen LogP contribution in [0.25, 0.3) is 0 Å². The Kier molecular flexibility index (Phi) is 4.62. The van der Waals surface area contributed by atoms with Crippen LogP contribution in [0, 0.1) is 0 Å². The topological polar surface area (TPSA) is 66.8 Å². The molecule has 0 fully saturated rings. The van der Waals surface area contributed by atoms with E-state index in [0.29, 0.717) is 13.1 Å². The number of hydrogen-bond donors (Lipinski definition) is 1. The van der Waals surface area contributed by atoms with Gasteiger partial charge >= 0.3 is 11.9 Å². The molecule has 124 valence electrons. The van der Waals surface area contributed by atoms with Crippen LogP contribution in [0.1, 0.15) is 33.1 Å². The second-order valence-electron chi connectivity index (χ2n) is 5.85. The van der Waals surface area contributed by atoms with E-state index in [0.717, 1.165) is 23.1 Å². The monoisotopic (exact) mass is 325 g/mol. The first kappa shape index (κ1) is 16.2. The number of methoxy groups -OCH3 is 1. The first-order valence-corrected chi connectivity index (χ1v) is 7.82. The van der Waals surface area contributed by atoms with Gasteiger partial charge in [0, 0.05) is 13.1 Å². The van der Waals surface area contributed by atoms with Gasteiger partial charge in [0.2, 0.25) is 0 Å². The van der Waals surface area contributed by atoms with Crippen LogP contribution < -0.4 is 0 Å². The third-order valence-electron chi connectivity index (χ3n) is 4.37. The fourth-order valence-corrected chi connectivity index (χ4v) is 3.21. The Labute approximate surface area is 140 Å². The molecule has 0 aliphatic carbocycles. The lowest BCUT2D eigenvalue weighted by atomic mass is 9.92. The number of rotatable bonds is 4.